The van der Waals surface area contributed by atoms with Crippen molar-refractivity contribution in [3.63, 3.8) is 0 Å². The quantitative estimate of drug-likeness (QED) is 0.383. The fraction of sp³-hybridized carbons (Fsp3) is 0.846. The van der Waals surface area contributed by atoms with E-state index in [1.807, 2.05) is 0 Å². The van der Waals surface area contributed by atoms with E-state index in [1.165, 1.54) is 32.1 Å². The van der Waals surface area contributed by atoms with Crippen molar-refractivity contribution in [1.29, 1.82) is 0 Å². The van der Waals surface area contributed by atoms with Crippen LogP contribution in [-0.4, -0.2) is 23.4 Å². The van der Waals surface area contributed by atoms with Crippen molar-refractivity contribution in [1.82, 2.24) is 4.90 Å². The molecule has 0 spiro atoms. The summed E-state index contributed by atoms with van der Waals surface area (Å²) in [4.78, 5) is 13.5. The first-order valence-electron chi connectivity index (χ1n) is 6.38. The molecule has 0 N–H and O–H groups in total. The van der Waals surface area contributed by atoms with Crippen LogP contribution in [0, 0.1) is 6.92 Å². The fourth-order valence-corrected chi connectivity index (χ4v) is 2.16. The molecule has 1 heterocycles. The van der Waals surface area contributed by atoms with Crippen LogP contribution in [0.4, 0.5) is 0 Å². The molecule has 1 fully saturated rings. The number of β-lactam (4-membered cyclic amide) rings is 1. The van der Waals surface area contributed by atoms with Crippen LogP contribution in [-0.2, 0) is 37.5 Å². The maximum absolute atomic E-state index is 11.4. The zero-order valence-corrected chi connectivity index (χ0v) is 13.4. The number of hydrogen-bond donors (Lipinski definition) is 0. The third-order valence-electron chi connectivity index (χ3n) is 3.21. The number of carbonyl (C=O) groups is 1. The minimum atomic E-state index is 0. The molecule has 3 heteroatoms. The van der Waals surface area contributed by atoms with Gasteiger partial charge in [-0.2, -0.15) is 6.42 Å². The molecule has 1 amide bonds. The summed E-state index contributed by atoms with van der Waals surface area (Å²) in [7, 11) is 0. The number of amides is 1. The smallest absolute Gasteiger partial charge is 0.224 e. The summed E-state index contributed by atoms with van der Waals surface area (Å²) in [5, 5.41) is 0. The summed E-state index contributed by atoms with van der Waals surface area (Å²) in [6, 6.07) is 0.567. The zero-order chi connectivity index (χ0) is 11.1. The van der Waals surface area contributed by atoms with Gasteiger partial charge in [-0.3, -0.25) is 4.79 Å². The van der Waals surface area contributed by atoms with E-state index in [1.54, 1.807) is 0 Å². The monoisotopic (exact) mass is 299 g/mol. The molecule has 1 aliphatic heterocycles. The molecule has 1 rings (SSSR count). The third-order valence-corrected chi connectivity index (χ3v) is 3.21. The van der Waals surface area contributed by atoms with Gasteiger partial charge in [0.15, 0.2) is 0 Å². The van der Waals surface area contributed by atoms with Crippen LogP contribution < -0.4 is 0 Å². The molecule has 1 unspecified atom stereocenters. The Balaban J connectivity index is 0.00000225. The minimum Gasteiger partial charge on any atom is -0.343 e. The summed E-state index contributed by atoms with van der Waals surface area (Å²) < 4.78 is 0. The number of likely N-dealkylation sites (tertiary alicyclic amines) is 1. The summed E-state index contributed by atoms with van der Waals surface area (Å²) in [6.45, 7) is 7.01. The molecule has 1 radical (unpaired) electrons. The van der Waals surface area contributed by atoms with Crippen LogP contribution in [0.5, 0.6) is 0 Å². The standard InChI is InChI=1S/C13H24NO.Y/c1-3-5-7-8-10-14-12(9-6-4-2)11-13(14)15;/h12H,1,3-11H2,2H3;/q-1;. The molecule has 0 saturated carbocycles. The van der Waals surface area contributed by atoms with Crippen molar-refractivity contribution in [3.05, 3.63) is 6.92 Å². The van der Waals surface area contributed by atoms with Gasteiger partial charge < -0.3 is 11.8 Å². The first-order valence-corrected chi connectivity index (χ1v) is 6.38. The van der Waals surface area contributed by atoms with Gasteiger partial charge in [0.05, 0.1) is 0 Å². The molecule has 0 bridgehead atoms. The van der Waals surface area contributed by atoms with Crippen molar-refractivity contribution < 1.29 is 37.5 Å². The van der Waals surface area contributed by atoms with E-state index >= 15 is 0 Å². The summed E-state index contributed by atoms with van der Waals surface area (Å²) in [6.07, 6.45) is 9.09. The van der Waals surface area contributed by atoms with Crippen molar-refractivity contribution in [2.24, 2.45) is 0 Å². The van der Waals surface area contributed by atoms with E-state index in [9.17, 15) is 4.79 Å². The minimum absolute atomic E-state index is 0. The first kappa shape index (κ1) is 16.6. The Morgan fingerprint density at radius 2 is 2.06 bits per heavy atom. The van der Waals surface area contributed by atoms with Crippen LogP contribution >= 0.6 is 0 Å². The average Bonchev–Trinajstić information content (AvgIpc) is 2.23. The van der Waals surface area contributed by atoms with Crippen LogP contribution in [0.3, 0.4) is 0 Å². The summed E-state index contributed by atoms with van der Waals surface area (Å²) in [5.74, 6) is 0.366. The molecule has 16 heavy (non-hydrogen) atoms. The van der Waals surface area contributed by atoms with E-state index in [0.29, 0.717) is 11.9 Å². The second-order valence-electron chi connectivity index (χ2n) is 4.50. The Labute approximate surface area is 125 Å². The number of hydrogen-bond acceptors (Lipinski definition) is 1. The average molecular weight is 299 g/mol. The SMILES string of the molecule is [CH2-]CCCCCN1C(=O)CC1CCCC.[Y]. The summed E-state index contributed by atoms with van der Waals surface area (Å²) in [5.41, 5.74) is 0. The van der Waals surface area contributed by atoms with Gasteiger partial charge in [-0.25, -0.2) is 0 Å². The van der Waals surface area contributed by atoms with Crippen molar-refractivity contribution >= 4 is 5.91 Å². The number of unbranched alkanes of at least 4 members (excludes halogenated alkanes) is 4. The van der Waals surface area contributed by atoms with Crippen LogP contribution in [0.15, 0.2) is 0 Å². The van der Waals surface area contributed by atoms with Gasteiger partial charge in [-0.1, -0.05) is 32.6 Å². The maximum Gasteiger partial charge on any atom is 0.224 e. The Morgan fingerprint density at radius 3 is 2.62 bits per heavy atom. The van der Waals surface area contributed by atoms with Gasteiger partial charge in [-0.05, 0) is 12.8 Å². The van der Waals surface area contributed by atoms with Crippen molar-refractivity contribution in [2.75, 3.05) is 6.54 Å². The van der Waals surface area contributed by atoms with Gasteiger partial charge in [-0.15, -0.1) is 0 Å². The van der Waals surface area contributed by atoms with Gasteiger partial charge in [0.25, 0.3) is 0 Å². The van der Waals surface area contributed by atoms with Crippen molar-refractivity contribution in [3.8, 4) is 0 Å². The molecule has 91 valence electrons. The molecule has 0 aromatic carbocycles. The molecular weight excluding hydrogens is 275 g/mol. The molecule has 1 atom stereocenters. The predicted molar refractivity (Wildman–Crippen MR) is 63.5 cm³/mol. The van der Waals surface area contributed by atoms with Crippen LogP contribution in [0.25, 0.3) is 0 Å². The Bertz CT molecular complexity index is 196. The van der Waals surface area contributed by atoms with E-state index in [0.717, 1.165) is 25.8 Å². The summed E-state index contributed by atoms with van der Waals surface area (Å²) >= 11 is 0. The second kappa shape index (κ2) is 9.59. The molecule has 2 nitrogen and oxygen atoms in total. The van der Waals surface area contributed by atoms with Gasteiger partial charge in [0.1, 0.15) is 0 Å². The van der Waals surface area contributed by atoms with Crippen LogP contribution in [0.2, 0.25) is 0 Å². The molecule has 1 aliphatic rings. The maximum atomic E-state index is 11.4. The first-order chi connectivity index (χ1) is 7.29. The number of rotatable bonds is 8. The van der Waals surface area contributed by atoms with Crippen LogP contribution in [0.1, 0.15) is 58.3 Å². The van der Waals surface area contributed by atoms with Gasteiger partial charge >= 0.3 is 0 Å². The Morgan fingerprint density at radius 1 is 1.31 bits per heavy atom. The van der Waals surface area contributed by atoms with E-state index in [-0.39, 0.29) is 32.7 Å². The third kappa shape index (κ3) is 5.27. The zero-order valence-electron chi connectivity index (χ0n) is 10.6. The molecule has 1 saturated heterocycles. The molecule has 0 aromatic rings. The fourth-order valence-electron chi connectivity index (χ4n) is 2.16. The molecule has 0 aromatic heterocycles. The van der Waals surface area contributed by atoms with E-state index in [2.05, 4.69) is 18.7 Å². The number of nitrogens with zero attached hydrogens (tertiary/aromatic N) is 1. The molecule has 0 aliphatic carbocycles. The molecular formula is C13H24NOY-. The van der Waals surface area contributed by atoms with E-state index in [4.69, 9.17) is 0 Å². The largest absolute Gasteiger partial charge is 0.343 e. The van der Waals surface area contributed by atoms with Gasteiger partial charge in [0, 0.05) is 51.7 Å². The Kier molecular flexibility index (Phi) is 9.93. The number of carbonyl (C=O) groups excluding carboxylic acids is 1. The normalized spacial score (nSPS) is 19.2. The van der Waals surface area contributed by atoms with E-state index < -0.39 is 0 Å². The topological polar surface area (TPSA) is 20.3 Å². The second-order valence-corrected chi connectivity index (χ2v) is 4.50. The van der Waals surface area contributed by atoms with Crippen molar-refractivity contribution in [2.45, 2.75) is 64.3 Å². The van der Waals surface area contributed by atoms with Gasteiger partial charge in [0.2, 0.25) is 5.91 Å². The Hall–Kier alpha value is 0.574. The predicted octanol–water partition coefficient (Wildman–Crippen LogP) is 3.17.